The van der Waals surface area contributed by atoms with Gasteiger partial charge in [0.25, 0.3) is 0 Å². The third-order valence-electron chi connectivity index (χ3n) is 10.1. The number of hydrogen-bond acceptors (Lipinski definition) is 4. The largest absolute Gasteiger partial charge is 0.396 e. The number of fused-ring (bicyclic) bond motifs is 5. The van der Waals surface area contributed by atoms with E-state index in [1.807, 2.05) is 0 Å². The Hall–Kier alpha value is -1.00. The van der Waals surface area contributed by atoms with Crippen molar-refractivity contribution in [2.75, 3.05) is 13.2 Å². The van der Waals surface area contributed by atoms with E-state index in [-0.39, 0.29) is 46.9 Å². The average Bonchev–Trinajstić information content (AvgIpc) is 2.97. The van der Waals surface area contributed by atoms with Crippen LogP contribution < -0.4 is 5.32 Å². The van der Waals surface area contributed by atoms with Crippen molar-refractivity contribution in [1.82, 2.24) is 5.32 Å². The number of ketones is 2. The molecular formula is C25H37NO3. The third-order valence-corrected chi connectivity index (χ3v) is 10.1. The second kappa shape index (κ2) is 7.02. The summed E-state index contributed by atoms with van der Waals surface area (Å²) < 4.78 is 0. The first-order valence-electron chi connectivity index (χ1n) is 12.0. The molecule has 29 heavy (non-hydrogen) atoms. The van der Waals surface area contributed by atoms with Crippen molar-refractivity contribution in [2.24, 2.45) is 40.4 Å². The van der Waals surface area contributed by atoms with E-state index in [0.29, 0.717) is 24.2 Å². The van der Waals surface area contributed by atoms with E-state index in [1.54, 1.807) is 0 Å². The minimum absolute atomic E-state index is 0.0108. The molecule has 5 rings (SSSR count). The van der Waals surface area contributed by atoms with Gasteiger partial charge in [-0.1, -0.05) is 25.5 Å². The van der Waals surface area contributed by atoms with Crippen LogP contribution in [0.25, 0.3) is 0 Å². The summed E-state index contributed by atoms with van der Waals surface area (Å²) in [6.45, 7) is 5.64. The van der Waals surface area contributed by atoms with Crippen LogP contribution in [-0.4, -0.2) is 35.9 Å². The molecule has 4 heteroatoms. The summed E-state index contributed by atoms with van der Waals surface area (Å²) in [5, 5.41) is 13.8. The number of nitrogens with one attached hydrogen (secondary N) is 1. The van der Waals surface area contributed by atoms with Gasteiger partial charge in [0.15, 0.2) is 0 Å². The molecule has 5 fully saturated rings. The Kier molecular flexibility index (Phi) is 4.82. The van der Waals surface area contributed by atoms with Crippen molar-refractivity contribution in [1.29, 1.82) is 0 Å². The van der Waals surface area contributed by atoms with Gasteiger partial charge < -0.3 is 10.4 Å². The molecule has 0 amide bonds. The summed E-state index contributed by atoms with van der Waals surface area (Å²) in [7, 11) is 0. The minimum Gasteiger partial charge on any atom is -0.396 e. The van der Waals surface area contributed by atoms with Crippen molar-refractivity contribution in [2.45, 2.75) is 77.7 Å². The van der Waals surface area contributed by atoms with Crippen LogP contribution in [0.15, 0.2) is 11.6 Å². The third kappa shape index (κ3) is 2.85. The molecule has 5 aliphatic rings. The zero-order valence-corrected chi connectivity index (χ0v) is 18.1. The Labute approximate surface area is 174 Å². The average molecular weight is 400 g/mol. The Morgan fingerprint density at radius 3 is 2.55 bits per heavy atom. The highest BCUT2D eigenvalue weighted by Crippen LogP contribution is 2.66. The monoisotopic (exact) mass is 399 g/mol. The van der Waals surface area contributed by atoms with Gasteiger partial charge in [-0.2, -0.15) is 0 Å². The summed E-state index contributed by atoms with van der Waals surface area (Å²) in [5.41, 5.74) is 1.32. The SMILES string of the molecule is C[C@]12CCC(=CCC3CCN3)CC1[C@@H](CO)C(=O)[C@@H]1[C@@H]2CC[C@]2(C)C(=O)CC[C@@H]12. The molecule has 0 aromatic carbocycles. The van der Waals surface area contributed by atoms with Gasteiger partial charge in [-0.25, -0.2) is 0 Å². The van der Waals surface area contributed by atoms with Gasteiger partial charge in [0.05, 0.1) is 6.61 Å². The highest BCUT2D eigenvalue weighted by Gasteiger charge is 2.64. The molecule has 0 aromatic rings. The van der Waals surface area contributed by atoms with Crippen LogP contribution in [0.1, 0.15) is 71.6 Å². The number of carbonyl (C=O) groups is 2. The maximum Gasteiger partial charge on any atom is 0.142 e. The second-order valence-corrected chi connectivity index (χ2v) is 11.2. The molecule has 4 nitrogen and oxygen atoms in total. The maximum atomic E-state index is 13.7. The molecule has 0 bridgehead atoms. The zero-order chi connectivity index (χ0) is 20.4. The van der Waals surface area contributed by atoms with Gasteiger partial charge in [-0.05, 0) is 81.1 Å². The minimum atomic E-state index is -0.296. The lowest BCUT2D eigenvalue weighted by molar-refractivity contribution is -0.167. The predicted molar refractivity (Wildman–Crippen MR) is 112 cm³/mol. The molecule has 1 aliphatic heterocycles. The summed E-state index contributed by atoms with van der Waals surface area (Å²) in [5.74, 6) is 1.26. The number of aliphatic hydroxyl groups is 1. The van der Waals surface area contributed by atoms with Crippen molar-refractivity contribution in [3.8, 4) is 0 Å². The van der Waals surface area contributed by atoms with Crippen molar-refractivity contribution in [3.63, 3.8) is 0 Å². The lowest BCUT2D eigenvalue weighted by Gasteiger charge is -2.60. The van der Waals surface area contributed by atoms with Crippen LogP contribution >= 0.6 is 0 Å². The maximum absolute atomic E-state index is 13.7. The first-order chi connectivity index (χ1) is 13.9. The van der Waals surface area contributed by atoms with Crippen molar-refractivity contribution >= 4 is 11.6 Å². The molecule has 2 N–H and O–H groups in total. The van der Waals surface area contributed by atoms with Crippen molar-refractivity contribution < 1.29 is 14.7 Å². The molecule has 2 unspecified atom stereocenters. The van der Waals surface area contributed by atoms with Crippen LogP contribution in [-0.2, 0) is 9.59 Å². The molecule has 0 spiro atoms. The van der Waals surface area contributed by atoms with Gasteiger partial charge in [0.2, 0.25) is 0 Å². The van der Waals surface area contributed by atoms with Gasteiger partial charge in [-0.15, -0.1) is 0 Å². The van der Waals surface area contributed by atoms with Gasteiger partial charge >= 0.3 is 0 Å². The van der Waals surface area contributed by atoms with E-state index in [4.69, 9.17) is 0 Å². The van der Waals surface area contributed by atoms with Gasteiger partial charge in [0, 0.05) is 29.7 Å². The molecule has 8 atom stereocenters. The van der Waals surface area contributed by atoms with E-state index < -0.39 is 0 Å². The Balaban J connectivity index is 1.44. The van der Waals surface area contributed by atoms with E-state index in [2.05, 4.69) is 25.2 Å². The smallest absolute Gasteiger partial charge is 0.142 e. The number of aliphatic hydroxyl groups excluding tert-OH is 1. The lowest BCUT2D eigenvalue weighted by Crippen LogP contribution is -2.60. The van der Waals surface area contributed by atoms with Crippen LogP contribution in [0.3, 0.4) is 0 Å². The summed E-state index contributed by atoms with van der Waals surface area (Å²) in [6.07, 6.45) is 11.5. The van der Waals surface area contributed by atoms with Crippen molar-refractivity contribution in [3.05, 3.63) is 11.6 Å². The number of rotatable bonds is 3. The predicted octanol–water partition coefficient (Wildman–Crippen LogP) is 3.67. The topological polar surface area (TPSA) is 66.4 Å². The van der Waals surface area contributed by atoms with Gasteiger partial charge in [-0.3, -0.25) is 9.59 Å². The van der Waals surface area contributed by atoms with Crippen LogP contribution in [0, 0.1) is 40.4 Å². The zero-order valence-electron chi connectivity index (χ0n) is 18.1. The Bertz CT molecular complexity index is 740. The summed E-state index contributed by atoms with van der Waals surface area (Å²) >= 11 is 0. The summed E-state index contributed by atoms with van der Waals surface area (Å²) in [4.78, 5) is 26.4. The number of allylic oxidation sites excluding steroid dienone is 1. The van der Waals surface area contributed by atoms with Crippen LogP contribution in [0.5, 0.6) is 0 Å². The normalized spacial score (nSPS) is 50.7. The first-order valence-corrected chi connectivity index (χ1v) is 12.0. The lowest BCUT2D eigenvalue weighted by atomic mass is 9.42. The van der Waals surface area contributed by atoms with E-state index in [1.165, 1.54) is 12.0 Å². The molecule has 0 radical (unpaired) electrons. The number of Topliss-reactive ketones (excluding diaryl/α,β-unsaturated/α-hetero) is 2. The van der Waals surface area contributed by atoms with E-state index >= 15 is 0 Å². The van der Waals surface area contributed by atoms with E-state index in [9.17, 15) is 14.7 Å². The fourth-order valence-corrected chi connectivity index (χ4v) is 8.05. The molecule has 4 saturated carbocycles. The molecular weight excluding hydrogens is 362 g/mol. The molecule has 0 aromatic heterocycles. The fraction of sp³-hybridized carbons (Fsp3) is 0.840. The fourth-order valence-electron chi connectivity index (χ4n) is 8.05. The highest BCUT2D eigenvalue weighted by atomic mass is 16.3. The Morgan fingerprint density at radius 1 is 1.07 bits per heavy atom. The molecule has 160 valence electrons. The highest BCUT2D eigenvalue weighted by molar-refractivity contribution is 5.91. The quantitative estimate of drug-likeness (QED) is 0.711. The molecule has 1 saturated heterocycles. The van der Waals surface area contributed by atoms with Crippen LogP contribution in [0.2, 0.25) is 0 Å². The number of carbonyl (C=O) groups excluding carboxylic acids is 2. The summed E-state index contributed by atoms with van der Waals surface area (Å²) in [6, 6.07) is 0.637. The van der Waals surface area contributed by atoms with Crippen LogP contribution in [0.4, 0.5) is 0 Å². The number of hydrogen-bond donors (Lipinski definition) is 2. The standard InChI is InChI=1S/C25H37NO3/c1-24-10-7-15(3-4-16-9-12-26-16)13-20(24)17(14-27)23(29)22-18-5-6-21(28)25(18,2)11-8-19(22)24/h3,16-20,22,26-27H,4-14H2,1-2H3/t16?,17-,18+,19+,20?,22+,24-,25+/m1/s1. The van der Waals surface area contributed by atoms with E-state index in [0.717, 1.165) is 51.5 Å². The van der Waals surface area contributed by atoms with Gasteiger partial charge in [0.1, 0.15) is 11.6 Å². The molecule has 4 aliphatic carbocycles. The Morgan fingerprint density at radius 2 is 1.86 bits per heavy atom. The second-order valence-electron chi connectivity index (χ2n) is 11.2. The first kappa shape index (κ1) is 19.9. The molecule has 1 heterocycles.